The minimum absolute atomic E-state index is 0.0813. The first kappa shape index (κ1) is 18.2. The van der Waals surface area contributed by atoms with Gasteiger partial charge in [0.15, 0.2) is 0 Å². The fraction of sp³-hybridized carbons (Fsp3) is 0.318. The van der Waals surface area contributed by atoms with Gasteiger partial charge < -0.3 is 10.2 Å². The van der Waals surface area contributed by atoms with Crippen LogP contribution in [0.1, 0.15) is 58.6 Å². The highest BCUT2D eigenvalue weighted by molar-refractivity contribution is 6.17. The summed E-state index contributed by atoms with van der Waals surface area (Å²) in [7, 11) is 0. The van der Waals surface area contributed by atoms with Gasteiger partial charge in [-0.05, 0) is 24.6 Å². The number of hydrogen-bond acceptors (Lipinski definition) is 3. The van der Waals surface area contributed by atoms with Gasteiger partial charge in [-0.25, -0.2) is 0 Å². The predicted octanol–water partition coefficient (Wildman–Crippen LogP) is 3.11. The van der Waals surface area contributed by atoms with Crippen LogP contribution in [0.2, 0.25) is 0 Å². The third-order valence-electron chi connectivity index (χ3n) is 5.30. The maximum absolute atomic E-state index is 13.2. The zero-order valence-electron chi connectivity index (χ0n) is 15.9. The topological polar surface area (TPSA) is 69.7 Å². The van der Waals surface area contributed by atoms with Crippen molar-refractivity contribution in [1.82, 2.24) is 10.2 Å². The monoisotopic (exact) mass is 377 g/mol. The molecule has 28 heavy (non-hydrogen) atoms. The van der Waals surface area contributed by atoms with Crippen molar-refractivity contribution in [2.75, 3.05) is 18.0 Å². The van der Waals surface area contributed by atoms with Crippen LogP contribution in [0.25, 0.3) is 0 Å². The van der Waals surface area contributed by atoms with Crippen molar-refractivity contribution in [3.05, 3.63) is 65.2 Å². The van der Waals surface area contributed by atoms with Crippen molar-refractivity contribution in [1.29, 1.82) is 0 Å². The van der Waals surface area contributed by atoms with Gasteiger partial charge in [0.2, 0.25) is 5.91 Å². The van der Waals surface area contributed by atoms with Gasteiger partial charge >= 0.3 is 0 Å². The first-order chi connectivity index (χ1) is 13.6. The molecule has 2 aliphatic rings. The minimum Gasteiger partial charge on any atom is -0.355 e. The molecule has 2 aromatic carbocycles. The lowest BCUT2D eigenvalue weighted by atomic mass is 10.0. The first-order valence-electron chi connectivity index (χ1n) is 9.72. The minimum atomic E-state index is -0.590. The number of anilines is 1. The van der Waals surface area contributed by atoms with Gasteiger partial charge in [0, 0.05) is 17.7 Å². The fourth-order valence-electron chi connectivity index (χ4n) is 3.95. The van der Waals surface area contributed by atoms with Crippen LogP contribution in [-0.4, -0.2) is 35.7 Å². The summed E-state index contributed by atoms with van der Waals surface area (Å²) in [5.74, 6) is -0.584. The number of fused-ring (bicyclic) bond motifs is 5. The molecule has 3 amide bonds. The summed E-state index contributed by atoms with van der Waals surface area (Å²) in [6.45, 7) is 2.62. The van der Waals surface area contributed by atoms with E-state index in [0.717, 1.165) is 24.8 Å². The zero-order chi connectivity index (χ0) is 19.7. The lowest BCUT2D eigenvalue weighted by Gasteiger charge is -2.40. The second-order valence-corrected chi connectivity index (χ2v) is 7.14. The molecule has 1 atom stereocenters. The van der Waals surface area contributed by atoms with E-state index in [0.29, 0.717) is 23.4 Å². The van der Waals surface area contributed by atoms with Crippen LogP contribution in [0, 0.1) is 0 Å². The Labute approximate surface area is 164 Å². The second kappa shape index (κ2) is 7.46. The van der Waals surface area contributed by atoms with Gasteiger partial charge in [-0.15, -0.1) is 0 Å². The number of nitrogens with one attached hydrogen (secondary N) is 1. The highest BCUT2D eigenvalue weighted by Crippen LogP contribution is 2.44. The van der Waals surface area contributed by atoms with Crippen LogP contribution in [0.5, 0.6) is 0 Å². The molecule has 0 saturated heterocycles. The number of carbonyl (C=O) groups is 3. The quantitative estimate of drug-likeness (QED) is 0.787. The Bertz CT molecular complexity index is 940. The number of amides is 3. The van der Waals surface area contributed by atoms with Crippen LogP contribution in [-0.2, 0) is 4.79 Å². The van der Waals surface area contributed by atoms with Crippen molar-refractivity contribution < 1.29 is 14.4 Å². The molecular formula is C22H23N3O3. The van der Waals surface area contributed by atoms with Gasteiger partial charge in [-0.3, -0.25) is 19.3 Å². The number of rotatable bonds is 6. The van der Waals surface area contributed by atoms with Gasteiger partial charge in [-0.2, -0.15) is 0 Å². The summed E-state index contributed by atoms with van der Waals surface area (Å²) in [5.41, 5.74) is 2.37. The molecule has 2 aliphatic heterocycles. The van der Waals surface area contributed by atoms with E-state index in [1.165, 1.54) is 4.90 Å². The number of unbranched alkanes of at least 4 members (excludes halogenated alkanes) is 2. The predicted molar refractivity (Wildman–Crippen MR) is 106 cm³/mol. The standard InChI is InChI=1S/C22H23N3O3/c1-2-3-8-13-23-19(26)14-24-20-15-9-4-5-10-16(15)22(28)25(20)18-12-7-6-11-17(18)21(24)27/h4-7,9-12,20H,2-3,8,13-14H2,1H3,(H,23,26)/t20-/m0/s1. The molecule has 2 aromatic rings. The molecule has 0 aromatic heterocycles. The molecular weight excluding hydrogens is 354 g/mol. The maximum atomic E-state index is 13.2. The Morgan fingerprint density at radius 1 is 0.964 bits per heavy atom. The number of benzene rings is 2. The Balaban J connectivity index is 1.67. The second-order valence-electron chi connectivity index (χ2n) is 7.14. The summed E-state index contributed by atoms with van der Waals surface area (Å²) in [6, 6.07) is 14.4. The van der Waals surface area contributed by atoms with Gasteiger partial charge in [0.05, 0.1) is 11.3 Å². The molecule has 1 N–H and O–H groups in total. The maximum Gasteiger partial charge on any atom is 0.260 e. The van der Waals surface area contributed by atoms with Crippen LogP contribution < -0.4 is 10.2 Å². The van der Waals surface area contributed by atoms with E-state index >= 15 is 0 Å². The number of carbonyl (C=O) groups excluding carboxylic acids is 3. The van der Waals surface area contributed by atoms with E-state index in [2.05, 4.69) is 12.2 Å². The molecule has 6 heteroatoms. The van der Waals surface area contributed by atoms with Crippen molar-refractivity contribution in [3.63, 3.8) is 0 Å². The van der Waals surface area contributed by atoms with Crippen LogP contribution in [0.4, 0.5) is 5.69 Å². The summed E-state index contributed by atoms with van der Waals surface area (Å²) < 4.78 is 0. The van der Waals surface area contributed by atoms with Crippen molar-refractivity contribution in [3.8, 4) is 0 Å². The zero-order valence-corrected chi connectivity index (χ0v) is 15.9. The summed E-state index contributed by atoms with van der Waals surface area (Å²) in [5, 5.41) is 2.89. The lowest BCUT2D eigenvalue weighted by molar-refractivity contribution is -0.122. The van der Waals surface area contributed by atoms with Gasteiger partial charge in [0.25, 0.3) is 11.8 Å². The largest absolute Gasteiger partial charge is 0.355 e. The fourth-order valence-corrected chi connectivity index (χ4v) is 3.95. The van der Waals surface area contributed by atoms with E-state index in [-0.39, 0.29) is 24.3 Å². The lowest BCUT2D eigenvalue weighted by Crippen LogP contribution is -2.51. The molecule has 0 bridgehead atoms. The number of hydrogen-bond donors (Lipinski definition) is 1. The summed E-state index contributed by atoms with van der Waals surface area (Å²) >= 11 is 0. The van der Waals surface area contributed by atoms with E-state index in [1.807, 2.05) is 24.3 Å². The summed E-state index contributed by atoms with van der Waals surface area (Å²) in [4.78, 5) is 41.9. The molecule has 0 spiro atoms. The first-order valence-corrected chi connectivity index (χ1v) is 9.72. The third kappa shape index (κ3) is 2.95. The van der Waals surface area contributed by atoms with Crippen molar-refractivity contribution in [2.24, 2.45) is 0 Å². The molecule has 0 unspecified atom stereocenters. The smallest absolute Gasteiger partial charge is 0.260 e. The van der Waals surface area contributed by atoms with E-state index in [4.69, 9.17) is 0 Å². The Morgan fingerprint density at radius 3 is 2.46 bits per heavy atom. The van der Waals surface area contributed by atoms with Crippen LogP contribution in [0.15, 0.2) is 48.5 Å². The molecule has 2 heterocycles. The average molecular weight is 377 g/mol. The van der Waals surface area contributed by atoms with Crippen molar-refractivity contribution >= 4 is 23.4 Å². The molecule has 0 aliphatic carbocycles. The number of nitrogens with zero attached hydrogens (tertiary/aromatic N) is 2. The highest BCUT2D eigenvalue weighted by Gasteiger charge is 2.47. The van der Waals surface area contributed by atoms with E-state index in [9.17, 15) is 14.4 Å². The molecule has 0 fully saturated rings. The average Bonchev–Trinajstić information content (AvgIpc) is 3.01. The molecule has 0 saturated carbocycles. The Hall–Kier alpha value is -3.15. The molecule has 4 rings (SSSR count). The van der Waals surface area contributed by atoms with Gasteiger partial charge in [-0.1, -0.05) is 50.1 Å². The Morgan fingerprint density at radius 2 is 1.68 bits per heavy atom. The normalized spacial score (nSPS) is 17.2. The molecule has 6 nitrogen and oxygen atoms in total. The van der Waals surface area contributed by atoms with Crippen molar-refractivity contribution in [2.45, 2.75) is 32.4 Å². The summed E-state index contributed by atoms with van der Waals surface area (Å²) in [6.07, 6.45) is 2.45. The Kier molecular flexibility index (Phi) is 4.86. The third-order valence-corrected chi connectivity index (χ3v) is 5.30. The van der Waals surface area contributed by atoms with Gasteiger partial charge in [0.1, 0.15) is 12.7 Å². The highest BCUT2D eigenvalue weighted by atomic mass is 16.2. The SMILES string of the molecule is CCCCCNC(=O)CN1C(=O)c2ccccc2N2C(=O)c3ccccc3[C@@H]12. The van der Waals surface area contributed by atoms with E-state index < -0.39 is 6.17 Å². The van der Waals surface area contributed by atoms with E-state index in [1.54, 1.807) is 29.2 Å². The molecule has 144 valence electrons. The molecule has 0 radical (unpaired) electrons. The van der Waals surface area contributed by atoms with Crippen LogP contribution >= 0.6 is 0 Å². The van der Waals surface area contributed by atoms with Crippen LogP contribution in [0.3, 0.4) is 0 Å². The number of para-hydroxylation sites is 1.